The summed E-state index contributed by atoms with van der Waals surface area (Å²) in [7, 11) is 0. The van der Waals surface area contributed by atoms with E-state index in [9.17, 15) is 9.59 Å². The van der Waals surface area contributed by atoms with Gasteiger partial charge >= 0.3 is 0 Å². The van der Waals surface area contributed by atoms with Crippen LogP contribution in [0.1, 0.15) is 54.6 Å². The van der Waals surface area contributed by atoms with E-state index in [1.54, 1.807) is 24.3 Å². The number of anilines is 1. The van der Waals surface area contributed by atoms with Crippen LogP contribution in [-0.4, -0.2) is 17.9 Å². The van der Waals surface area contributed by atoms with E-state index in [4.69, 9.17) is 5.73 Å². The lowest BCUT2D eigenvalue weighted by molar-refractivity contribution is -0.120. The van der Waals surface area contributed by atoms with E-state index in [0.717, 1.165) is 18.4 Å². The molecule has 0 bridgehead atoms. The predicted molar refractivity (Wildman–Crippen MR) is 107 cm³/mol. The normalized spacial score (nSPS) is 16.5. The monoisotopic (exact) mass is 365 g/mol. The van der Waals surface area contributed by atoms with Crippen molar-refractivity contribution in [2.24, 2.45) is 11.7 Å². The van der Waals surface area contributed by atoms with Gasteiger partial charge in [-0.15, -0.1) is 0 Å². The molecule has 2 aromatic rings. The Morgan fingerprint density at radius 2 is 1.63 bits per heavy atom. The molecule has 2 amide bonds. The van der Waals surface area contributed by atoms with Crippen LogP contribution in [0.5, 0.6) is 0 Å². The van der Waals surface area contributed by atoms with Gasteiger partial charge in [0.2, 0.25) is 5.91 Å². The molecule has 5 heteroatoms. The number of nitrogens with one attached hydrogen (secondary N) is 2. The number of amides is 2. The maximum absolute atomic E-state index is 12.5. The van der Waals surface area contributed by atoms with Crippen molar-refractivity contribution in [3.63, 3.8) is 0 Å². The molecule has 2 unspecified atom stereocenters. The highest BCUT2D eigenvalue weighted by molar-refractivity contribution is 5.96. The van der Waals surface area contributed by atoms with Gasteiger partial charge in [0.25, 0.3) is 5.91 Å². The fourth-order valence-electron chi connectivity index (χ4n) is 3.43. The first kappa shape index (κ1) is 19.1. The molecule has 0 spiro atoms. The predicted octanol–water partition coefficient (Wildman–Crippen LogP) is 3.63. The van der Waals surface area contributed by atoms with E-state index < -0.39 is 0 Å². The molecule has 3 rings (SSSR count). The highest BCUT2D eigenvalue weighted by Gasteiger charge is 2.22. The Bertz CT molecular complexity index is 768. The maximum atomic E-state index is 12.5. The Labute approximate surface area is 160 Å². The lowest BCUT2D eigenvalue weighted by atomic mass is 9.94. The first-order valence-corrected chi connectivity index (χ1v) is 9.57. The molecule has 142 valence electrons. The summed E-state index contributed by atoms with van der Waals surface area (Å²) in [4.78, 5) is 24.8. The molecule has 27 heavy (non-hydrogen) atoms. The molecule has 0 aromatic heterocycles. The zero-order valence-corrected chi connectivity index (χ0v) is 15.7. The third kappa shape index (κ3) is 4.95. The molecule has 0 radical (unpaired) electrons. The van der Waals surface area contributed by atoms with Gasteiger partial charge in [-0.05, 0) is 42.7 Å². The van der Waals surface area contributed by atoms with E-state index in [1.165, 1.54) is 12.8 Å². The van der Waals surface area contributed by atoms with Crippen LogP contribution in [0.15, 0.2) is 54.6 Å². The first-order chi connectivity index (χ1) is 13.0. The van der Waals surface area contributed by atoms with Crippen molar-refractivity contribution in [3.8, 4) is 0 Å². The number of nitrogens with two attached hydrogens (primary N) is 1. The number of hydrogen-bond donors (Lipinski definition) is 3. The molecule has 4 N–H and O–H groups in total. The zero-order chi connectivity index (χ0) is 19.2. The Morgan fingerprint density at radius 3 is 2.26 bits per heavy atom. The van der Waals surface area contributed by atoms with Gasteiger partial charge in [-0.3, -0.25) is 9.59 Å². The van der Waals surface area contributed by atoms with Gasteiger partial charge in [0, 0.05) is 23.3 Å². The molecule has 1 aliphatic carbocycles. The van der Waals surface area contributed by atoms with Crippen LogP contribution >= 0.6 is 0 Å². The highest BCUT2D eigenvalue weighted by Crippen LogP contribution is 2.21. The molecular weight excluding hydrogens is 338 g/mol. The fourth-order valence-corrected chi connectivity index (χ4v) is 3.43. The van der Waals surface area contributed by atoms with Crippen molar-refractivity contribution in [1.29, 1.82) is 0 Å². The standard InChI is InChI=1S/C22H27N3O2/c1-15(20(23)16-7-3-2-4-8-16)21(26)24-19-13-11-17(12-14-19)22(27)25-18-9-5-6-10-18/h2-4,7-8,11-15,18,20H,5-6,9-10,23H2,1H3,(H,24,26)(H,25,27). The second kappa shape index (κ2) is 8.82. The second-order valence-corrected chi connectivity index (χ2v) is 7.25. The lowest BCUT2D eigenvalue weighted by Gasteiger charge is -2.20. The summed E-state index contributed by atoms with van der Waals surface area (Å²) in [5.41, 5.74) is 8.41. The van der Waals surface area contributed by atoms with Crippen molar-refractivity contribution in [2.75, 3.05) is 5.32 Å². The summed E-state index contributed by atoms with van der Waals surface area (Å²) in [6.07, 6.45) is 4.47. The average molecular weight is 365 g/mol. The Morgan fingerprint density at radius 1 is 1.00 bits per heavy atom. The average Bonchev–Trinajstić information content (AvgIpc) is 3.21. The maximum Gasteiger partial charge on any atom is 0.251 e. The van der Waals surface area contributed by atoms with Crippen molar-refractivity contribution < 1.29 is 9.59 Å². The van der Waals surface area contributed by atoms with E-state index in [2.05, 4.69) is 10.6 Å². The van der Waals surface area contributed by atoms with Crippen LogP contribution in [-0.2, 0) is 4.79 Å². The second-order valence-electron chi connectivity index (χ2n) is 7.25. The molecular formula is C22H27N3O2. The summed E-state index contributed by atoms with van der Waals surface area (Å²) in [5.74, 6) is -0.577. The third-order valence-electron chi connectivity index (χ3n) is 5.24. The Balaban J connectivity index is 1.57. The largest absolute Gasteiger partial charge is 0.349 e. The molecule has 1 aliphatic rings. The number of rotatable bonds is 6. The Hall–Kier alpha value is -2.66. The van der Waals surface area contributed by atoms with Crippen LogP contribution in [0, 0.1) is 5.92 Å². The summed E-state index contributed by atoms with van der Waals surface area (Å²) in [6, 6.07) is 16.5. The van der Waals surface area contributed by atoms with Crippen molar-refractivity contribution in [3.05, 3.63) is 65.7 Å². The van der Waals surface area contributed by atoms with Gasteiger partial charge in [0.1, 0.15) is 0 Å². The fraction of sp³-hybridized carbons (Fsp3) is 0.364. The quantitative estimate of drug-likeness (QED) is 0.731. The SMILES string of the molecule is CC(C(=O)Nc1ccc(C(=O)NC2CCCC2)cc1)C(N)c1ccccc1. The molecule has 1 saturated carbocycles. The van der Waals surface area contributed by atoms with Crippen molar-refractivity contribution in [1.82, 2.24) is 5.32 Å². The molecule has 0 saturated heterocycles. The zero-order valence-electron chi connectivity index (χ0n) is 15.7. The highest BCUT2D eigenvalue weighted by atomic mass is 16.2. The minimum Gasteiger partial charge on any atom is -0.349 e. The summed E-state index contributed by atoms with van der Waals surface area (Å²) in [5, 5.41) is 5.94. The van der Waals surface area contributed by atoms with Crippen LogP contribution in [0.4, 0.5) is 5.69 Å². The van der Waals surface area contributed by atoms with Crippen LogP contribution in [0.3, 0.4) is 0 Å². The topological polar surface area (TPSA) is 84.2 Å². The van der Waals surface area contributed by atoms with Gasteiger partial charge < -0.3 is 16.4 Å². The summed E-state index contributed by atoms with van der Waals surface area (Å²) >= 11 is 0. The van der Waals surface area contributed by atoms with E-state index in [0.29, 0.717) is 11.3 Å². The third-order valence-corrected chi connectivity index (χ3v) is 5.24. The number of carbonyl (C=O) groups excluding carboxylic acids is 2. The van der Waals surface area contributed by atoms with Gasteiger partial charge in [-0.1, -0.05) is 50.1 Å². The molecule has 2 aromatic carbocycles. The number of hydrogen-bond acceptors (Lipinski definition) is 3. The molecule has 0 heterocycles. The lowest BCUT2D eigenvalue weighted by Crippen LogP contribution is -2.32. The minimum absolute atomic E-state index is 0.0563. The van der Waals surface area contributed by atoms with Gasteiger partial charge in [0.05, 0.1) is 5.92 Å². The number of benzene rings is 2. The molecule has 5 nitrogen and oxygen atoms in total. The van der Waals surface area contributed by atoms with Gasteiger partial charge in [0.15, 0.2) is 0 Å². The van der Waals surface area contributed by atoms with Crippen molar-refractivity contribution in [2.45, 2.75) is 44.7 Å². The summed E-state index contributed by atoms with van der Waals surface area (Å²) in [6.45, 7) is 1.82. The van der Waals surface area contributed by atoms with Crippen molar-refractivity contribution >= 4 is 17.5 Å². The Kier molecular flexibility index (Phi) is 6.24. The molecule has 0 aliphatic heterocycles. The molecule has 1 fully saturated rings. The molecule has 2 atom stereocenters. The van der Waals surface area contributed by atoms with Crippen LogP contribution in [0.25, 0.3) is 0 Å². The first-order valence-electron chi connectivity index (χ1n) is 9.57. The number of carbonyl (C=O) groups is 2. The van der Waals surface area contributed by atoms with Crippen LogP contribution in [0.2, 0.25) is 0 Å². The smallest absolute Gasteiger partial charge is 0.251 e. The van der Waals surface area contributed by atoms with Crippen LogP contribution < -0.4 is 16.4 Å². The van der Waals surface area contributed by atoms with E-state index >= 15 is 0 Å². The minimum atomic E-state index is -0.377. The van der Waals surface area contributed by atoms with E-state index in [-0.39, 0.29) is 29.8 Å². The van der Waals surface area contributed by atoms with Gasteiger partial charge in [-0.2, -0.15) is 0 Å². The van der Waals surface area contributed by atoms with Gasteiger partial charge in [-0.25, -0.2) is 0 Å². The van der Waals surface area contributed by atoms with E-state index in [1.807, 2.05) is 37.3 Å². The summed E-state index contributed by atoms with van der Waals surface area (Å²) < 4.78 is 0.